The lowest BCUT2D eigenvalue weighted by Gasteiger charge is -2.15. The summed E-state index contributed by atoms with van der Waals surface area (Å²) in [6.45, 7) is 0.427. The summed E-state index contributed by atoms with van der Waals surface area (Å²) in [4.78, 5) is 27.1. The van der Waals surface area contributed by atoms with Crippen LogP contribution in [0.4, 0.5) is 0 Å². The Bertz CT molecular complexity index is 662. The molecule has 1 aromatic carbocycles. The summed E-state index contributed by atoms with van der Waals surface area (Å²) in [7, 11) is 0. The average Bonchev–Trinajstić information content (AvgIpc) is 2.38. The molecule has 6 heteroatoms. The summed E-state index contributed by atoms with van der Waals surface area (Å²) in [6, 6.07) is 8.32. The Morgan fingerprint density at radius 3 is 2.65 bits per heavy atom. The number of phenolic OH excluding ortho intramolecular Hbond substituents is 1. The van der Waals surface area contributed by atoms with E-state index >= 15 is 0 Å². The van der Waals surface area contributed by atoms with E-state index in [1.165, 1.54) is 6.07 Å². The average molecular weight is 275 g/mol. The van der Waals surface area contributed by atoms with Crippen LogP contribution in [-0.2, 0) is 6.42 Å². The second-order valence-electron chi connectivity index (χ2n) is 4.68. The van der Waals surface area contributed by atoms with Gasteiger partial charge in [0.2, 0.25) is 0 Å². The summed E-state index contributed by atoms with van der Waals surface area (Å²) in [5, 5.41) is 9.48. The van der Waals surface area contributed by atoms with E-state index in [4.69, 9.17) is 5.73 Å². The lowest BCUT2D eigenvalue weighted by atomic mass is 9.93. The zero-order valence-corrected chi connectivity index (χ0v) is 10.9. The van der Waals surface area contributed by atoms with E-state index in [1.807, 2.05) is 6.07 Å². The summed E-state index contributed by atoms with van der Waals surface area (Å²) in [5.41, 5.74) is 6.37. The van der Waals surface area contributed by atoms with Crippen molar-refractivity contribution >= 4 is 0 Å². The van der Waals surface area contributed by atoms with Crippen molar-refractivity contribution in [1.82, 2.24) is 9.97 Å². The molecule has 0 radical (unpaired) electrons. The fourth-order valence-corrected chi connectivity index (χ4v) is 2.18. The topological polar surface area (TPSA) is 112 Å². The van der Waals surface area contributed by atoms with Crippen LogP contribution in [-0.4, -0.2) is 21.6 Å². The van der Waals surface area contributed by atoms with Gasteiger partial charge in [0.1, 0.15) is 5.75 Å². The molecule has 5 N–H and O–H groups in total. The number of hydrogen-bond donors (Lipinski definition) is 4. The molecule has 1 unspecified atom stereocenters. The van der Waals surface area contributed by atoms with Gasteiger partial charge in [-0.1, -0.05) is 12.1 Å². The number of aryl methyl sites for hydroxylation is 1. The second-order valence-corrected chi connectivity index (χ2v) is 4.68. The Balaban J connectivity index is 2.11. The second kappa shape index (κ2) is 6.21. The van der Waals surface area contributed by atoms with Gasteiger partial charge in [-0.15, -0.1) is 0 Å². The van der Waals surface area contributed by atoms with Gasteiger partial charge in [-0.25, -0.2) is 4.79 Å². The number of rotatable bonds is 5. The third-order valence-electron chi connectivity index (χ3n) is 3.20. The van der Waals surface area contributed by atoms with Crippen LogP contribution in [0.1, 0.15) is 23.6 Å². The normalized spacial score (nSPS) is 12.2. The monoisotopic (exact) mass is 275 g/mol. The molecule has 2 rings (SSSR count). The highest BCUT2D eigenvalue weighted by molar-refractivity contribution is 5.30. The van der Waals surface area contributed by atoms with Gasteiger partial charge in [0.05, 0.1) is 0 Å². The van der Waals surface area contributed by atoms with Crippen molar-refractivity contribution in [2.45, 2.75) is 18.8 Å². The van der Waals surface area contributed by atoms with E-state index in [0.717, 1.165) is 5.56 Å². The number of aromatic hydroxyl groups is 1. The Hall–Kier alpha value is -2.34. The lowest BCUT2D eigenvalue weighted by Crippen LogP contribution is -2.23. The molecular formula is C14H17N3O3. The minimum absolute atomic E-state index is 0.0601. The fraction of sp³-hybridized carbons (Fsp3) is 0.286. The standard InChI is InChI=1S/C14H17N3O3/c15-8-10(9-2-1-3-12(18)6-9)4-5-11-7-13(19)17-14(20)16-11/h1-3,6-7,10,18H,4-5,8,15H2,(H2,16,17,19,20). The maximum Gasteiger partial charge on any atom is 0.325 e. The van der Waals surface area contributed by atoms with Crippen molar-refractivity contribution in [3.05, 3.63) is 62.4 Å². The van der Waals surface area contributed by atoms with Crippen molar-refractivity contribution in [3.8, 4) is 5.75 Å². The molecule has 20 heavy (non-hydrogen) atoms. The van der Waals surface area contributed by atoms with Crippen LogP contribution >= 0.6 is 0 Å². The van der Waals surface area contributed by atoms with E-state index in [0.29, 0.717) is 25.1 Å². The van der Waals surface area contributed by atoms with Gasteiger partial charge >= 0.3 is 5.69 Å². The molecule has 0 saturated heterocycles. The first-order valence-corrected chi connectivity index (χ1v) is 6.40. The molecule has 0 aliphatic rings. The fourth-order valence-electron chi connectivity index (χ4n) is 2.18. The van der Waals surface area contributed by atoms with Gasteiger partial charge in [-0.2, -0.15) is 0 Å². The van der Waals surface area contributed by atoms with Crippen molar-refractivity contribution < 1.29 is 5.11 Å². The maximum atomic E-state index is 11.2. The highest BCUT2D eigenvalue weighted by Crippen LogP contribution is 2.23. The molecule has 0 aliphatic carbocycles. The molecule has 0 bridgehead atoms. The van der Waals surface area contributed by atoms with Crippen LogP contribution in [0, 0.1) is 0 Å². The molecule has 106 valence electrons. The van der Waals surface area contributed by atoms with E-state index in [-0.39, 0.29) is 11.7 Å². The predicted octanol–water partition coefficient (Wildman–Crippen LogP) is 0.444. The summed E-state index contributed by atoms with van der Waals surface area (Å²) in [5.74, 6) is 0.260. The Labute approximate surface area is 115 Å². The molecule has 1 aromatic heterocycles. The van der Waals surface area contributed by atoms with Gasteiger partial charge < -0.3 is 15.8 Å². The van der Waals surface area contributed by atoms with E-state index < -0.39 is 11.2 Å². The molecule has 1 heterocycles. The number of benzene rings is 1. The van der Waals surface area contributed by atoms with Crippen molar-refractivity contribution in [1.29, 1.82) is 0 Å². The Kier molecular flexibility index (Phi) is 4.37. The number of nitrogens with one attached hydrogen (secondary N) is 2. The first-order chi connectivity index (χ1) is 9.58. The van der Waals surface area contributed by atoms with Gasteiger partial charge in [-0.05, 0) is 43.0 Å². The van der Waals surface area contributed by atoms with Gasteiger partial charge in [0, 0.05) is 11.8 Å². The summed E-state index contributed by atoms with van der Waals surface area (Å²) < 4.78 is 0. The quantitative estimate of drug-likeness (QED) is 0.634. The number of nitrogens with two attached hydrogens (primary N) is 1. The van der Waals surface area contributed by atoms with Crippen LogP contribution in [0.3, 0.4) is 0 Å². The van der Waals surface area contributed by atoms with Crippen LogP contribution in [0.25, 0.3) is 0 Å². The first-order valence-electron chi connectivity index (χ1n) is 6.40. The molecule has 0 saturated carbocycles. The van der Waals surface area contributed by atoms with Crippen LogP contribution < -0.4 is 17.0 Å². The number of H-pyrrole nitrogens is 2. The molecule has 0 spiro atoms. The molecule has 6 nitrogen and oxygen atoms in total. The minimum atomic E-state index is -0.505. The van der Waals surface area contributed by atoms with Gasteiger partial charge in [0.25, 0.3) is 5.56 Å². The smallest absolute Gasteiger partial charge is 0.325 e. The third kappa shape index (κ3) is 3.58. The minimum Gasteiger partial charge on any atom is -0.508 e. The molecule has 1 atom stereocenters. The largest absolute Gasteiger partial charge is 0.508 e. The van der Waals surface area contributed by atoms with Gasteiger partial charge in [0.15, 0.2) is 0 Å². The lowest BCUT2D eigenvalue weighted by molar-refractivity contribution is 0.473. The van der Waals surface area contributed by atoms with E-state index in [2.05, 4.69) is 9.97 Å². The van der Waals surface area contributed by atoms with Crippen LogP contribution in [0.15, 0.2) is 39.9 Å². The van der Waals surface area contributed by atoms with E-state index in [1.54, 1.807) is 18.2 Å². The molecule has 2 aromatic rings. The van der Waals surface area contributed by atoms with Crippen molar-refractivity contribution in [2.24, 2.45) is 5.73 Å². The highest BCUT2D eigenvalue weighted by atomic mass is 16.3. The molecule has 0 fully saturated rings. The Morgan fingerprint density at radius 1 is 1.20 bits per heavy atom. The number of aromatic amines is 2. The number of phenols is 1. The molecular weight excluding hydrogens is 258 g/mol. The highest BCUT2D eigenvalue weighted by Gasteiger charge is 2.11. The zero-order valence-electron chi connectivity index (χ0n) is 10.9. The predicted molar refractivity (Wildman–Crippen MR) is 75.9 cm³/mol. The van der Waals surface area contributed by atoms with Gasteiger partial charge in [-0.3, -0.25) is 9.78 Å². The zero-order chi connectivity index (χ0) is 14.5. The van der Waals surface area contributed by atoms with E-state index in [9.17, 15) is 14.7 Å². The maximum absolute atomic E-state index is 11.2. The SMILES string of the molecule is NCC(CCc1cc(=O)[nH]c(=O)[nH]1)c1cccc(O)c1. The first kappa shape index (κ1) is 14.1. The Morgan fingerprint density at radius 2 is 2.00 bits per heavy atom. The van der Waals surface area contributed by atoms with Crippen LogP contribution in [0.5, 0.6) is 5.75 Å². The number of hydrogen-bond acceptors (Lipinski definition) is 4. The summed E-state index contributed by atoms with van der Waals surface area (Å²) in [6.07, 6.45) is 1.22. The third-order valence-corrected chi connectivity index (χ3v) is 3.20. The number of aromatic nitrogens is 2. The van der Waals surface area contributed by atoms with Crippen molar-refractivity contribution in [3.63, 3.8) is 0 Å². The van der Waals surface area contributed by atoms with Crippen molar-refractivity contribution in [2.75, 3.05) is 6.54 Å². The summed E-state index contributed by atoms with van der Waals surface area (Å²) >= 11 is 0. The molecule has 0 amide bonds. The molecule has 0 aliphatic heterocycles. The van der Waals surface area contributed by atoms with Crippen LogP contribution in [0.2, 0.25) is 0 Å².